The molecule has 0 spiro atoms. The third-order valence-electron chi connectivity index (χ3n) is 11.2. The summed E-state index contributed by atoms with van der Waals surface area (Å²) < 4.78 is 4.88. The van der Waals surface area contributed by atoms with Gasteiger partial charge < -0.3 is 4.57 Å². The van der Waals surface area contributed by atoms with Crippen LogP contribution in [0, 0.1) is 0 Å². The Morgan fingerprint density at radius 3 is 1.88 bits per heavy atom. The molecular weight excluding hydrogens is 701 g/mol. The monoisotopic (exact) mass is 730 g/mol. The summed E-state index contributed by atoms with van der Waals surface area (Å²) in [6.07, 6.45) is 0. The maximum Gasteiger partial charge on any atom is 0.166 e. The fourth-order valence-electron chi connectivity index (χ4n) is 8.66. The van der Waals surface area contributed by atoms with Crippen molar-refractivity contribution in [2.24, 2.45) is 0 Å². The number of hydrogen-bond donors (Lipinski definition) is 0. The van der Waals surface area contributed by atoms with E-state index in [1.807, 2.05) is 29.5 Å². The lowest BCUT2D eigenvalue weighted by atomic mass is 10.00. The van der Waals surface area contributed by atoms with Crippen LogP contribution in [0.4, 0.5) is 0 Å². The molecule has 260 valence electrons. The van der Waals surface area contributed by atoms with Crippen molar-refractivity contribution in [1.29, 1.82) is 0 Å². The largest absolute Gasteiger partial charge is 0.308 e. The lowest BCUT2D eigenvalue weighted by molar-refractivity contribution is 1.07. The first kappa shape index (κ1) is 31.2. The number of rotatable bonds is 4. The Hall–Kier alpha value is -7.21. The zero-order chi connectivity index (χ0) is 36.7. The Labute approximate surface area is 325 Å². The van der Waals surface area contributed by atoms with E-state index in [4.69, 9.17) is 15.0 Å². The molecule has 0 aliphatic heterocycles. The number of para-hydroxylation sites is 1. The molecule has 3 heterocycles. The summed E-state index contributed by atoms with van der Waals surface area (Å²) >= 11 is 1.84. The minimum atomic E-state index is 0.639. The smallest absolute Gasteiger partial charge is 0.166 e. The van der Waals surface area contributed by atoms with Gasteiger partial charge in [0, 0.05) is 42.1 Å². The molecule has 0 saturated heterocycles. The summed E-state index contributed by atoms with van der Waals surface area (Å²) in [5.74, 6) is 1.92. The summed E-state index contributed by atoms with van der Waals surface area (Å²) in [6.45, 7) is 0. The first-order valence-electron chi connectivity index (χ1n) is 18.9. The molecule has 5 heteroatoms. The molecule has 0 aliphatic carbocycles. The topological polar surface area (TPSA) is 43.6 Å². The molecule has 4 nitrogen and oxygen atoms in total. The minimum Gasteiger partial charge on any atom is -0.308 e. The van der Waals surface area contributed by atoms with Gasteiger partial charge in [-0.3, -0.25) is 0 Å². The highest BCUT2D eigenvalue weighted by atomic mass is 32.1. The molecule has 12 aromatic rings. The average molecular weight is 731 g/mol. The van der Waals surface area contributed by atoms with Crippen molar-refractivity contribution in [1.82, 2.24) is 19.5 Å². The first-order valence-corrected chi connectivity index (χ1v) is 19.7. The van der Waals surface area contributed by atoms with Crippen molar-refractivity contribution in [2.75, 3.05) is 0 Å². The van der Waals surface area contributed by atoms with E-state index >= 15 is 0 Å². The number of fused-ring (bicyclic) bond motifs is 10. The molecule has 0 aliphatic rings. The van der Waals surface area contributed by atoms with Crippen LogP contribution in [0.5, 0.6) is 0 Å². The van der Waals surface area contributed by atoms with E-state index in [2.05, 4.69) is 168 Å². The molecule has 56 heavy (non-hydrogen) atoms. The van der Waals surface area contributed by atoms with Gasteiger partial charge in [0.25, 0.3) is 0 Å². The van der Waals surface area contributed by atoms with Crippen molar-refractivity contribution in [3.05, 3.63) is 182 Å². The Morgan fingerprint density at radius 2 is 1.04 bits per heavy atom. The molecule has 9 aromatic carbocycles. The first-order chi connectivity index (χ1) is 27.8. The van der Waals surface area contributed by atoms with Gasteiger partial charge in [-0.05, 0) is 62.6 Å². The molecule has 0 bridgehead atoms. The zero-order valence-electron chi connectivity index (χ0n) is 30.0. The molecule has 3 aromatic heterocycles. The molecule has 0 unspecified atom stereocenters. The predicted molar refractivity (Wildman–Crippen MR) is 236 cm³/mol. The fourth-order valence-corrected chi connectivity index (χ4v) is 9.90. The number of aromatic nitrogens is 4. The third kappa shape index (κ3) is 4.68. The summed E-state index contributed by atoms with van der Waals surface area (Å²) in [5, 5.41) is 11.9. The molecular formula is C51H30N4S. The Bertz CT molecular complexity index is 3540. The lowest BCUT2D eigenvalue weighted by Crippen LogP contribution is -2.04. The standard InChI is InChI=1S/C51H30N4S/c1-2-15-33(16-3-1)49-52-50(39-23-12-19-31-13-6-8-20-36(31)39)54-51(53-49)47-43(27-28-45-46(47)40-26-25-32-14-7-9-21-37(32)48(40)56-45)55-42-24-11-10-22-38(42)41-29-34-17-4-5-18-35(34)30-44(41)55/h1-30H. The van der Waals surface area contributed by atoms with Crippen LogP contribution in [0.1, 0.15) is 0 Å². The van der Waals surface area contributed by atoms with Gasteiger partial charge in [0.2, 0.25) is 0 Å². The van der Waals surface area contributed by atoms with Crippen LogP contribution in [0.15, 0.2) is 182 Å². The molecule has 0 amide bonds. The Balaban J connectivity index is 1.26. The number of thiophene rings is 1. The maximum absolute atomic E-state index is 5.50. The van der Waals surface area contributed by atoms with Crippen LogP contribution in [0.3, 0.4) is 0 Å². The second-order valence-corrected chi connectivity index (χ2v) is 15.4. The lowest BCUT2D eigenvalue weighted by Gasteiger charge is -2.17. The number of benzene rings is 9. The van der Waals surface area contributed by atoms with E-state index in [1.54, 1.807) is 0 Å². The van der Waals surface area contributed by atoms with Gasteiger partial charge in [0.05, 0.1) is 22.3 Å². The molecule has 0 N–H and O–H groups in total. The summed E-state index contributed by atoms with van der Waals surface area (Å²) in [7, 11) is 0. The van der Waals surface area contributed by atoms with Crippen LogP contribution < -0.4 is 0 Å². The SMILES string of the molecule is c1ccc(-c2nc(-c3cccc4ccccc34)nc(-c3c(-n4c5ccccc5c5cc6ccccc6cc54)ccc4sc5c6ccccc6ccc5c34)n2)cc1. The molecule has 0 saturated carbocycles. The minimum absolute atomic E-state index is 0.639. The van der Waals surface area contributed by atoms with E-state index in [-0.39, 0.29) is 0 Å². The van der Waals surface area contributed by atoms with Crippen LogP contribution in [-0.4, -0.2) is 19.5 Å². The van der Waals surface area contributed by atoms with Gasteiger partial charge in [0.1, 0.15) is 0 Å². The molecule has 0 fully saturated rings. The second-order valence-electron chi connectivity index (χ2n) is 14.4. The van der Waals surface area contributed by atoms with Crippen LogP contribution in [0.2, 0.25) is 0 Å². The fraction of sp³-hybridized carbons (Fsp3) is 0. The van der Waals surface area contributed by atoms with Crippen LogP contribution >= 0.6 is 11.3 Å². The van der Waals surface area contributed by atoms with Crippen molar-refractivity contribution in [3.63, 3.8) is 0 Å². The maximum atomic E-state index is 5.50. The van der Waals surface area contributed by atoms with Gasteiger partial charge >= 0.3 is 0 Å². The van der Waals surface area contributed by atoms with Crippen molar-refractivity contribution in [3.8, 4) is 39.9 Å². The second kappa shape index (κ2) is 12.2. The van der Waals surface area contributed by atoms with Crippen molar-refractivity contribution < 1.29 is 0 Å². The Kier molecular flexibility index (Phi) is 6.76. The van der Waals surface area contributed by atoms with Gasteiger partial charge in [-0.25, -0.2) is 15.0 Å². The van der Waals surface area contributed by atoms with Gasteiger partial charge in [-0.1, -0.05) is 152 Å². The molecule has 0 atom stereocenters. The number of hydrogen-bond acceptors (Lipinski definition) is 4. The highest BCUT2D eigenvalue weighted by Crippen LogP contribution is 2.47. The molecule has 12 rings (SSSR count). The number of nitrogens with zero attached hydrogens (tertiary/aromatic N) is 4. The van der Waals surface area contributed by atoms with Gasteiger partial charge in [-0.15, -0.1) is 11.3 Å². The van der Waals surface area contributed by atoms with E-state index in [0.29, 0.717) is 17.5 Å². The normalized spacial score (nSPS) is 11.9. The van der Waals surface area contributed by atoms with Crippen molar-refractivity contribution in [2.45, 2.75) is 0 Å². The van der Waals surface area contributed by atoms with Crippen molar-refractivity contribution >= 4 is 85.6 Å². The Morgan fingerprint density at radius 1 is 0.393 bits per heavy atom. The van der Waals surface area contributed by atoms with E-state index in [1.165, 1.54) is 47.1 Å². The van der Waals surface area contributed by atoms with Crippen LogP contribution in [0.25, 0.3) is 114 Å². The average Bonchev–Trinajstić information content (AvgIpc) is 3.81. The quantitative estimate of drug-likeness (QED) is 0.181. The summed E-state index contributed by atoms with van der Waals surface area (Å²) in [4.78, 5) is 16.1. The van der Waals surface area contributed by atoms with E-state index in [9.17, 15) is 0 Å². The predicted octanol–water partition coefficient (Wildman–Crippen LogP) is 13.8. The summed E-state index contributed by atoms with van der Waals surface area (Å²) in [5.41, 5.74) is 6.21. The van der Waals surface area contributed by atoms with Crippen LogP contribution in [-0.2, 0) is 0 Å². The molecule has 0 radical (unpaired) electrons. The third-order valence-corrected chi connectivity index (χ3v) is 12.4. The zero-order valence-corrected chi connectivity index (χ0v) is 30.8. The van der Waals surface area contributed by atoms with E-state index < -0.39 is 0 Å². The van der Waals surface area contributed by atoms with Gasteiger partial charge in [-0.2, -0.15) is 0 Å². The highest BCUT2D eigenvalue weighted by Gasteiger charge is 2.24. The summed E-state index contributed by atoms with van der Waals surface area (Å²) in [6, 6.07) is 64.9. The van der Waals surface area contributed by atoms with E-state index in [0.717, 1.165) is 49.6 Å². The highest BCUT2D eigenvalue weighted by molar-refractivity contribution is 7.26. The van der Waals surface area contributed by atoms with Gasteiger partial charge in [0.15, 0.2) is 17.5 Å².